The minimum Gasteiger partial charge on any atom is -0.460 e. The van der Waals surface area contributed by atoms with Crippen molar-refractivity contribution in [1.82, 2.24) is 9.55 Å². The molecule has 5 rings (SSSR count). The predicted octanol–water partition coefficient (Wildman–Crippen LogP) is 3.18. The smallest absolute Gasteiger partial charge is 0.343 e. The number of pyridine rings is 2. The Morgan fingerprint density at radius 3 is 2.62 bits per heavy atom. The number of aromatic nitrogens is 2. The van der Waals surface area contributed by atoms with Crippen molar-refractivity contribution in [2.45, 2.75) is 71.8 Å². The Balaban J connectivity index is 1.71. The van der Waals surface area contributed by atoms with Crippen LogP contribution in [0, 0.1) is 5.92 Å². The van der Waals surface area contributed by atoms with E-state index < -0.39 is 23.1 Å². The molecule has 2 aromatic heterocycles. The number of aliphatic hydroxyl groups is 1. The number of aryl methyl sites for hydroxylation is 1. The second-order valence-electron chi connectivity index (χ2n) is 11.0. The number of hydrogen-bond acceptors (Lipinski definition) is 8. The fourth-order valence-corrected chi connectivity index (χ4v) is 5.40. The molecular weight excluding hydrogens is 474 g/mol. The fourth-order valence-electron chi connectivity index (χ4n) is 5.40. The lowest BCUT2D eigenvalue weighted by atomic mass is 9.78. The molecule has 1 aromatic carbocycles. The monoisotopic (exact) mass is 505 g/mol. The molecule has 37 heavy (non-hydrogen) atoms. The third-order valence-electron chi connectivity index (χ3n) is 7.13. The first kappa shape index (κ1) is 25.0. The number of benzene rings is 1. The Hall–Kier alpha value is -3.72. The van der Waals surface area contributed by atoms with Gasteiger partial charge in [-0.15, -0.1) is 0 Å². The molecule has 3 aromatic rings. The quantitative estimate of drug-likeness (QED) is 0.404. The lowest BCUT2D eigenvalue weighted by Crippen LogP contribution is -2.48. The van der Waals surface area contributed by atoms with Crippen LogP contribution < -0.4 is 11.3 Å². The normalized spacial score (nSPS) is 18.4. The molecule has 0 bridgehead atoms. The van der Waals surface area contributed by atoms with Crippen molar-refractivity contribution in [1.29, 1.82) is 0 Å². The van der Waals surface area contributed by atoms with Gasteiger partial charge in [-0.3, -0.25) is 9.59 Å². The van der Waals surface area contributed by atoms with Crippen LogP contribution in [0.15, 0.2) is 29.1 Å². The lowest BCUT2D eigenvalue weighted by Gasteiger charge is -2.36. The average molecular weight is 506 g/mol. The van der Waals surface area contributed by atoms with E-state index >= 15 is 0 Å². The van der Waals surface area contributed by atoms with Crippen LogP contribution >= 0.6 is 0 Å². The molecule has 1 unspecified atom stereocenters. The highest BCUT2D eigenvalue weighted by Gasteiger charge is 2.51. The third-order valence-corrected chi connectivity index (χ3v) is 7.13. The molecule has 0 aliphatic carbocycles. The standard InChI is InChI=1S/C28H31N3O6/c1-14(2)28(35)21-18(13-36-26(28)34)25(33)31-12-17-15(10-11-20(32)37-27(3,4)5)16-8-6-7-9-19(16)30-23(17)24(31)22(21)29/h6-9,14,35H,10-13,29H2,1-5H3. The number of hydrogen-bond donors (Lipinski definition) is 2. The number of rotatable bonds is 4. The topological polar surface area (TPSA) is 134 Å². The van der Waals surface area contributed by atoms with E-state index in [0.717, 1.165) is 16.5 Å². The number of ether oxygens (including phenoxy) is 2. The van der Waals surface area contributed by atoms with Gasteiger partial charge in [0.25, 0.3) is 5.56 Å². The maximum atomic E-state index is 13.7. The number of anilines is 1. The highest BCUT2D eigenvalue weighted by atomic mass is 16.6. The number of esters is 2. The number of carbonyl (C=O) groups is 2. The van der Waals surface area contributed by atoms with Crippen molar-refractivity contribution in [3.8, 4) is 11.4 Å². The molecule has 4 heterocycles. The number of nitrogens with two attached hydrogens (primary N) is 1. The minimum absolute atomic E-state index is 0.105. The molecule has 0 spiro atoms. The van der Waals surface area contributed by atoms with E-state index in [4.69, 9.17) is 20.2 Å². The average Bonchev–Trinajstić information content (AvgIpc) is 3.20. The summed E-state index contributed by atoms with van der Waals surface area (Å²) in [6.07, 6.45) is 0.546. The molecule has 2 aliphatic heterocycles. The van der Waals surface area contributed by atoms with Crippen molar-refractivity contribution in [2.75, 3.05) is 5.73 Å². The second kappa shape index (κ2) is 8.41. The Morgan fingerprint density at radius 2 is 1.95 bits per heavy atom. The van der Waals surface area contributed by atoms with E-state index in [0.29, 0.717) is 23.3 Å². The molecule has 0 radical (unpaired) electrons. The zero-order valence-electron chi connectivity index (χ0n) is 21.7. The van der Waals surface area contributed by atoms with Crippen LogP contribution in [0.3, 0.4) is 0 Å². The van der Waals surface area contributed by atoms with E-state index in [-0.39, 0.29) is 47.9 Å². The summed E-state index contributed by atoms with van der Waals surface area (Å²) < 4.78 is 12.3. The Labute approximate surface area is 214 Å². The molecule has 9 heteroatoms. The molecule has 3 N–H and O–H groups in total. The summed E-state index contributed by atoms with van der Waals surface area (Å²) in [6, 6.07) is 7.58. The Kier molecular flexibility index (Phi) is 5.67. The van der Waals surface area contributed by atoms with Gasteiger partial charge in [-0.2, -0.15) is 0 Å². The molecule has 0 saturated heterocycles. The Morgan fingerprint density at radius 1 is 1.24 bits per heavy atom. The number of nitrogens with zero attached hydrogens (tertiary/aromatic N) is 2. The predicted molar refractivity (Wildman–Crippen MR) is 138 cm³/mol. The molecule has 0 amide bonds. The van der Waals surface area contributed by atoms with Gasteiger partial charge in [0.1, 0.15) is 12.2 Å². The van der Waals surface area contributed by atoms with E-state index in [2.05, 4.69) is 0 Å². The van der Waals surface area contributed by atoms with Gasteiger partial charge in [0.2, 0.25) is 0 Å². The number of fused-ring (bicyclic) bond motifs is 5. The van der Waals surface area contributed by atoms with Crippen LogP contribution in [0.25, 0.3) is 22.3 Å². The van der Waals surface area contributed by atoms with Gasteiger partial charge < -0.3 is 24.9 Å². The fraction of sp³-hybridized carbons (Fsp3) is 0.429. The van der Waals surface area contributed by atoms with Gasteiger partial charge in [-0.25, -0.2) is 9.78 Å². The summed E-state index contributed by atoms with van der Waals surface area (Å²) >= 11 is 0. The van der Waals surface area contributed by atoms with Crippen molar-refractivity contribution >= 4 is 28.5 Å². The third kappa shape index (κ3) is 3.80. The summed E-state index contributed by atoms with van der Waals surface area (Å²) in [6.45, 7) is 8.77. The highest BCUT2D eigenvalue weighted by Crippen LogP contribution is 2.46. The highest BCUT2D eigenvalue weighted by molar-refractivity contribution is 5.93. The van der Waals surface area contributed by atoms with E-state index in [1.165, 1.54) is 4.57 Å². The first-order valence-corrected chi connectivity index (χ1v) is 12.4. The maximum absolute atomic E-state index is 13.7. The van der Waals surface area contributed by atoms with Gasteiger partial charge in [0.05, 0.1) is 34.7 Å². The van der Waals surface area contributed by atoms with Gasteiger partial charge in [0, 0.05) is 22.9 Å². The van der Waals surface area contributed by atoms with E-state index in [9.17, 15) is 19.5 Å². The zero-order chi connectivity index (χ0) is 26.9. The summed E-state index contributed by atoms with van der Waals surface area (Å²) in [4.78, 5) is 43.8. The van der Waals surface area contributed by atoms with Crippen LogP contribution in [-0.2, 0) is 44.2 Å². The maximum Gasteiger partial charge on any atom is 0.343 e. The lowest BCUT2D eigenvalue weighted by molar-refractivity contribution is -0.177. The molecule has 9 nitrogen and oxygen atoms in total. The van der Waals surface area contributed by atoms with Crippen molar-refractivity contribution in [2.24, 2.45) is 5.92 Å². The number of nitrogen functional groups attached to an aromatic ring is 1. The molecule has 1 atom stereocenters. The van der Waals surface area contributed by atoms with Crippen LogP contribution in [0.4, 0.5) is 5.69 Å². The summed E-state index contributed by atoms with van der Waals surface area (Å²) in [5.41, 5.74) is 7.30. The van der Waals surface area contributed by atoms with Crippen LogP contribution in [0.5, 0.6) is 0 Å². The van der Waals surface area contributed by atoms with E-state index in [1.807, 2.05) is 45.0 Å². The van der Waals surface area contributed by atoms with Crippen LogP contribution in [0.1, 0.15) is 63.3 Å². The number of para-hydroxylation sites is 1. The largest absolute Gasteiger partial charge is 0.460 e. The number of carbonyl (C=O) groups excluding carboxylic acids is 2. The second-order valence-corrected chi connectivity index (χ2v) is 11.0. The Bertz CT molecular complexity index is 1530. The summed E-state index contributed by atoms with van der Waals surface area (Å²) in [5.74, 6) is -1.73. The number of cyclic esters (lactones) is 1. The molecule has 194 valence electrons. The zero-order valence-corrected chi connectivity index (χ0v) is 21.7. The van der Waals surface area contributed by atoms with Crippen LogP contribution in [0.2, 0.25) is 0 Å². The van der Waals surface area contributed by atoms with Crippen molar-refractivity contribution in [3.05, 3.63) is 56.9 Å². The van der Waals surface area contributed by atoms with Crippen LogP contribution in [-0.4, -0.2) is 32.2 Å². The van der Waals surface area contributed by atoms with Crippen molar-refractivity contribution in [3.63, 3.8) is 0 Å². The molecule has 2 aliphatic rings. The molecule has 0 fully saturated rings. The van der Waals surface area contributed by atoms with Gasteiger partial charge in [0.15, 0.2) is 5.60 Å². The van der Waals surface area contributed by atoms with Gasteiger partial charge in [-0.1, -0.05) is 32.0 Å². The molecule has 0 saturated carbocycles. The first-order valence-electron chi connectivity index (χ1n) is 12.4. The minimum atomic E-state index is -2.05. The van der Waals surface area contributed by atoms with Gasteiger partial charge >= 0.3 is 11.9 Å². The first-order chi connectivity index (χ1) is 17.3. The molecular formula is C28H31N3O6. The van der Waals surface area contributed by atoms with E-state index in [1.54, 1.807) is 13.8 Å². The van der Waals surface area contributed by atoms with Gasteiger partial charge in [-0.05, 0) is 44.7 Å². The summed E-state index contributed by atoms with van der Waals surface area (Å²) in [5, 5.41) is 12.3. The van der Waals surface area contributed by atoms with Crippen molar-refractivity contribution < 1.29 is 24.2 Å². The summed E-state index contributed by atoms with van der Waals surface area (Å²) in [7, 11) is 0. The SMILES string of the molecule is CC(C)C1(O)C(=O)OCc2c1c(N)c1n(c2=O)Cc2c-1nc1ccccc1c2CCC(=O)OC(C)(C)C.